The van der Waals surface area contributed by atoms with Crippen molar-refractivity contribution in [3.63, 3.8) is 0 Å². The number of rotatable bonds is 7. The number of halogens is 1. The Morgan fingerprint density at radius 3 is 1.91 bits per heavy atom. The molecule has 2 unspecified atom stereocenters. The fraction of sp³-hybridized carbons (Fsp3) is 0.214. The van der Waals surface area contributed by atoms with Crippen LogP contribution in [0.5, 0.6) is 0 Å². The Hall–Kier alpha value is -3.41. The summed E-state index contributed by atoms with van der Waals surface area (Å²) in [5.41, 5.74) is 4.71. The number of nitrogens with zero attached hydrogens (tertiary/aromatic N) is 1. The van der Waals surface area contributed by atoms with Gasteiger partial charge in [0.15, 0.2) is 0 Å². The normalized spacial score (nSPS) is 17.7. The first-order valence-corrected chi connectivity index (χ1v) is 11.7. The summed E-state index contributed by atoms with van der Waals surface area (Å²) in [5.74, 6) is -1.01. The predicted octanol–water partition coefficient (Wildman–Crippen LogP) is 4.39. The molecule has 34 heavy (non-hydrogen) atoms. The average molecular weight is 475 g/mol. The van der Waals surface area contributed by atoms with Crippen LogP contribution in [0.15, 0.2) is 102 Å². The molecule has 1 aliphatic heterocycles. The van der Waals surface area contributed by atoms with Gasteiger partial charge in [-0.1, -0.05) is 103 Å². The lowest BCUT2D eigenvalue weighted by atomic mass is 9.90. The van der Waals surface area contributed by atoms with Crippen LogP contribution in [0.1, 0.15) is 35.1 Å². The van der Waals surface area contributed by atoms with Crippen molar-refractivity contribution in [3.05, 3.63) is 119 Å². The highest BCUT2D eigenvalue weighted by molar-refractivity contribution is 6.25. The van der Waals surface area contributed by atoms with Crippen LogP contribution < -0.4 is 5.32 Å². The average Bonchev–Trinajstić information content (AvgIpc) is 3.34. The number of likely N-dealkylation sites (tertiary alicyclic amines) is 1. The second kappa shape index (κ2) is 11.1. The number of aliphatic hydroxyl groups is 1. The lowest BCUT2D eigenvalue weighted by Crippen LogP contribution is -2.48. The van der Waals surface area contributed by atoms with Crippen LogP contribution in [0.4, 0.5) is 0 Å². The standard InChI is InChI=1S/C28H27ClN2O3/c29-17-20-16-24(27(33)30-18-25(32)21-10-4-1-5-11-21)31(19-20)28(34)26(22-12-6-2-7-13-22)23-14-8-3-9-15-23/h1-15,17,24-26,32H,16,18-19H2,(H,30,33)/b20-17+. The van der Waals surface area contributed by atoms with Gasteiger partial charge in [0.2, 0.25) is 11.8 Å². The topological polar surface area (TPSA) is 69.6 Å². The molecule has 0 aliphatic carbocycles. The highest BCUT2D eigenvalue weighted by atomic mass is 35.5. The minimum Gasteiger partial charge on any atom is -0.387 e. The van der Waals surface area contributed by atoms with Crippen molar-refractivity contribution in [3.8, 4) is 0 Å². The fourth-order valence-corrected chi connectivity index (χ4v) is 4.50. The van der Waals surface area contributed by atoms with E-state index in [0.717, 1.165) is 22.3 Å². The number of amides is 2. The Morgan fingerprint density at radius 2 is 1.41 bits per heavy atom. The van der Waals surface area contributed by atoms with Gasteiger partial charge in [-0.05, 0) is 22.3 Å². The van der Waals surface area contributed by atoms with Crippen molar-refractivity contribution >= 4 is 23.4 Å². The van der Waals surface area contributed by atoms with Crippen molar-refractivity contribution in [2.45, 2.75) is 24.5 Å². The van der Waals surface area contributed by atoms with E-state index >= 15 is 0 Å². The van der Waals surface area contributed by atoms with Crippen molar-refractivity contribution in [1.29, 1.82) is 0 Å². The van der Waals surface area contributed by atoms with Crippen LogP contribution in [0.2, 0.25) is 0 Å². The smallest absolute Gasteiger partial charge is 0.243 e. The molecular weight excluding hydrogens is 448 g/mol. The molecule has 1 heterocycles. The van der Waals surface area contributed by atoms with Crippen LogP contribution in [0, 0.1) is 0 Å². The Balaban J connectivity index is 1.56. The maximum atomic E-state index is 13.9. The van der Waals surface area contributed by atoms with Crippen LogP contribution in [0.25, 0.3) is 0 Å². The van der Waals surface area contributed by atoms with Gasteiger partial charge in [0.1, 0.15) is 6.04 Å². The summed E-state index contributed by atoms with van der Waals surface area (Å²) in [6, 6.07) is 27.6. The molecule has 0 aromatic heterocycles. The molecule has 2 N–H and O–H groups in total. The molecule has 0 bridgehead atoms. The van der Waals surface area contributed by atoms with Gasteiger partial charge >= 0.3 is 0 Å². The molecule has 2 amide bonds. The Labute approximate surface area is 204 Å². The Kier molecular flexibility index (Phi) is 7.78. The van der Waals surface area contributed by atoms with Gasteiger partial charge in [0, 0.05) is 25.0 Å². The van der Waals surface area contributed by atoms with E-state index in [-0.39, 0.29) is 24.9 Å². The van der Waals surface area contributed by atoms with Gasteiger partial charge in [-0.2, -0.15) is 0 Å². The number of hydrogen-bond acceptors (Lipinski definition) is 3. The molecule has 1 saturated heterocycles. The molecule has 1 aliphatic rings. The molecule has 3 aromatic rings. The third-order valence-corrected chi connectivity index (χ3v) is 6.42. The first-order valence-electron chi connectivity index (χ1n) is 11.3. The van der Waals surface area contributed by atoms with Gasteiger partial charge in [-0.15, -0.1) is 0 Å². The van der Waals surface area contributed by atoms with Gasteiger partial charge in [-0.3, -0.25) is 9.59 Å². The fourth-order valence-electron chi connectivity index (χ4n) is 4.34. The Bertz CT molecular complexity index is 1100. The predicted molar refractivity (Wildman–Crippen MR) is 133 cm³/mol. The lowest BCUT2D eigenvalue weighted by molar-refractivity contribution is -0.139. The van der Waals surface area contributed by atoms with Gasteiger partial charge in [0.05, 0.1) is 12.0 Å². The van der Waals surface area contributed by atoms with E-state index < -0.39 is 18.1 Å². The number of carbonyl (C=O) groups is 2. The zero-order valence-electron chi connectivity index (χ0n) is 18.7. The first-order chi connectivity index (χ1) is 16.6. The maximum absolute atomic E-state index is 13.9. The summed E-state index contributed by atoms with van der Waals surface area (Å²) in [6.07, 6.45) is -0.473. The van der Waals surface area contributed by atoms with E-state index in [2.05, 4.69) is 5.32 Å². The SMILES string of the molecule is O=C(NCC(O)c1ccccc1)C1C/C(=C\Cl)CN1C(=O)C(c1ccccc1)c1ccccc1. The summed E-state index contributed by atoms with van der Waals surface area (Å²) >= 11 is 6.00. The number of benzene rings is 3. The first kappa shape index (κ1) is 23.7. The minimum atomic E-state index is -0.833. The maximum Gasteiger partial charge on any atom is 0.243 e. The van der Waals surface area contributed by atoms with Crippen LogP contribution >= 0.6 is 11.6 Å². The highest BCUT2D eigenvalue weighted by Gasteiger charge is 2.40. The summed E-state index contributed by atoms with van der Waals surface area (Å²) < 4.78 is 0. The second-order valence-electron chi connectivity index (χ2n) is 8.38. The van der Waals surface area contributed by atoms with E-state index in [0.29, 0.717) is 6.42 Å². The third-order valence-electron chi connectivity index (χ3n) is 6.11. The number of hydrogen-bond donors (Lipinski definition) is 2. The summed E-state index contributed by atoms with van der Waals surface area (Å²) in [4.78, 5) is 28.7. The number of nitrogens with one attached hydrogen (secondary N) is 1. The lowest BCUT2D eigenvalue weighted by Gasteiger charge is -2.29. The van der Waals surface area contributed by atoms with Crippen molar-refractivity contribution in [2.24, 2.45) is 0 Å². The second-order valence-corrected chi connectivity index (χ2v) is 8.60. The molecular formula is C28H27ClN2O3. The molecule has 4 rings (SSSR count). The molecule has 174 valence electrons. The van der Waals surface area contributed by atoms with Crippen molar-refractivity contribution < 1.29 is 14.7 Å². The van der Waals surface area contributed by atoms with Gasteiger partial charge in [-0.25, -0.2) is 0 Å². The molecule has 5 nitrogen and oxygen atoms in total. The molecule has 3 aromatic carbocycles. The number of carbonyl (C=O) groups excluding carboxylic acids is 2. The summed E-state index contributed by atoms with van der Waals surface area (Å²) in [7, 11) is 0. The van der Waals surface area contributed by atoms with E-state index in [1.165, 1.54) is 5.54 Å². The van der Waals surface area contributed by atoms with E-state index in [1.807, 2.05) is 78.9 Å². The molecule has 0 radical (unpaired) electrons. The monoisotopic (exact) mass is 474 g/mol. The van der Waals surface area contributed by atoms with Gasteiger partial charge in [0.25, 0.3) is 0 Å². The summed E-state index contributed by atoms with van der Waals surface area (Å²) in [6.45, 7) is 0.347. The van der Waals surface area contributed by atoms with Crippen LogP contribution in [-0.2, 0) is 9.59 Å². The zero-order valence-corrected chi connectivity index (χ0v) is 19.4. The third kappa shape index (κ3) is 5.38. The van der Waals surface area contributed by atoms with Crippen LogP contribution in [0.3, 0.4) is 0 Å². The van der Waals surface area contributed by atoms with E-state index in [9.17, 15) is 14.7 Å². The highest BCUT2D eigenvalue weighted by Crippen LogP contribution is 2.32. The Morgan fingerprint density at radius 1 is 0.912 bits per heavy atom. The minimum absolute atomic E-state index is 0.0576. The van der Waals surface area contributed by atoms with Crippen molar-refractivity contribution in [2.75, 3.05) is 13.1 Å². The zero-order chi connectivity index (χ0) is 23.9. The molecule has 1 fully saturated rings. The van der Waals surface area contributed by atoms with E-state index in [4.69, 9.17) is 11.6 Å². The number of aliphatic hydroxyl groups excluding tert-OH is 1. The van der Waals surface area contributed by atoms with Crippen molar-refractivity contribution in [1.82, 2.24) is 10.2 Å². The quantitative estimate of drug-likeness (QED) is 0.533. The largest absolute Gasteiger partial charge is 0.387 e. The van der Waals surface area contributed by atoms with Gasteiger partial charge < -0.3 is 15.3 Å². The summed E-state index contributed by atoms with van der Waals surface area (Å²) in [5, 5.41) is 13.3. The molecule has 0 saturated carbocycles. The van der Waals surface area contributed by atoms with Crippen LogP contribution in [-0.4, -0.2) is 41.0 Å². The molecule has 0 spiro atoms. The molecule has 6 heteroatoms. The van der Waals surface area contributed by atoms with E-state index in [1.54, 1.807) is 17.0 Å². The molecule has 2 atom stereocenters.